The lowest BCUT2D eigenvalue weighted by molar-refractivity contribution is -0.121. The molecule has 0 bridgehead atoms. The molecule has 1 N–H and O–H groups in total. The van der Waals surface area contributed by atoms with Crippen LogP contribution in [0.2, 0.25) is 0 Å². The van der Waals surface area contributed by atoms with Crippen LogP contribution in [0.25, 0.3) is 16.7 Å². The summed E-state index contributed by atoms with van der Waals surface area (Å²) in [7, 11) is 3.17. The summed E-state index contributed by atoms with van der Waals surface area (Å²) in [4.78, 5) is 25.9. The van der Waals surface area contributed by atoms with E-state index in [1.165, 1.54) is 4.57 Å². The third-order valence-corrected chi connectivity index (χ3v) is 5.54. The van der Waals surface area contributed by atoms with Gasteiger partial charge >= 0.3 is 0 Å². The number of fused-ring (bicyclic) bond motifs is 3. The molecule has 9 heteroatoms. The van der Waals surface area contributed by atoms with Gasteiger partial charge in [-0.25, -0.2) is 0 Å². The summed E-state index contributed by atoms with van der Waals surface area (Å²) in [5.74, 6) is 1.85. The van der Waals surface area contributed by atoms with Gasteiger partial charge in [0, 0.05) is 12.5 Å². The first kappa shape index (κ1) is 22.3. The summed E-state index contributed by atoms with van der Waals surface area (Å²) in [6.45, 7) is 4.32. The number of rotatable bonds is 8. The second kappa shape index (κ2) is 9.32. The van der Waals surface area contributed by atoms with Gasteiger partial charge in [-0.2, -0.15) is 0 Å². The number of carbonyl (C=O) groups excluding carboxylic acids is 1. The van der Waals surface area contributed by atoms with Crippen molar-refractivity contribution in [2.45, 2.75) is 32.7 Å². The SMILES string of the molecule is COc1ccc(CCNC(=O)Cn2c(=O)c3nnc(C(C)C)n3c3ccccc32)cc1OC. The molecular weight excluding hydrogens is 422 g/mol. The van der Waals surface area contributed by atoms with Gasteiger partial charge in [0.05, 0.1) is 25.3 Å². The number of benzene rings is 2. The molecule has 0 saturated heterocycles. The number of nitrogens with one attached hydrogen (secondary N) is 1. The van der Waals surface area contributed by atoms with Crippen LogP contribution in [-0.2, 0) is 17.8 Å². The molecule has 0 aliphatic rings. The Hall–Kier alpha value is -3.88. The van der Waals surface area contributed by atoms with Gasteiger partial charge < -0.3 is 14.8 Å². The highest BCUT2D eigenvalue weighted by atomic mass is 16.5. The van der Waals surface area contributed by atoms with E-state index < -0.39 is 0 Å². The average Bonchev–Trinajstić information content (AvgIpc) is 3.27. The largest absolute Gasteiger partial charge is 0.493 e. The molecule has 33 heavy (non-hydrogen) atoms. The summed E-state index contributed by atoms with van der Waals surface area (Å²) < 4.78 is 13.8. The molecule has 2 heterocycles. The van der Waals surface area contributed by atoms with Gasteiger partial charge in [-0.15, -0.1) is 10.2 Å². The van der Waals surface area contributed by atoms with Gasteiger partial charge in [0.2, 0.25) is 11.6 Å². The van der Waals surface area contributed by atoms with Gasteiger partial charge in [-0.1, -0.05) is 32.0 Å². The van der Waals surface area contributed by atoms with Crippen LogP contribution in [0.1, 0.15) is 31.2 Å². The molecule has 4 aromatic rings. The highest BCUT2D eigenvalue weighted by Gasteiger charge is 2.19. The Morgan fingerprint density at radius 1 is 1.03 bits per heavy atom. The van der Waals surface area contributed by atoms with Crippen molar-refractivity contribution in [3.05, 3.63) is 64.2 Å². The first-order valence-electron chi connectivity index (χ1n) is 10.8. The van der Waals surface area contributed by atoms with Gasteiger partial charge in [-0.05, 0) is 36.2 Å². The van der Waals surface area contributed by atoms with Gasteiger partial charge in [-0.3, -0.25) is 18.6 Å². The monoisotopic (exact) mass is 449 g/mol. The molecular formula is C24H27N5O4. The van der Waals surface area contributed by atoms with E-state index in [2.05, 4.69) is 15.5 Å². The average molecular weight is 450 g/mol. The van der Waals surface area contributed by atoms with Crippen LogP contribution >= 0.6 is 0 Å². The number of hydrogen-bond acceptors (Lipinski definition) is 6. The molecule has 0 radical (unpaired) electrons. The second-order valence-electron chi connectivity index (χ2n) is 8.04. The highest BCUT2D eigenvalue weighted by molar-refractivity contribution is 5.82. The van der Waals surface area contributed by atoms with E-state index in [1.807, 2.05) is 56.3 Å². The fourth-order valence-corrected chi connectivity index (χ4v) is 3.90. The molecule has 0 fully saturated rings. The molecule has 4 rings (SSSR count). The Bertz CT molecular complexity index is 1370. The van der Waals surface area contributed by atoms with E-state index in [9.17, 15) is 9.59 Å². The van der Waals surface area contributed by atoms with Crippen molar-refractivity contribution in [2.24, 2.45) is 0 Å². The van der Waals surface area contributed by atoms with Gasteiger partial charge in [0.15, 0.2) is 11.5 Å². The molecule has 1 amide bonds. The summed E-state index contributed by atoms with van der Waals surface area (Å²) in [5.41, 5.74) is 2.32. The standard InChI is InChI=1S/C24H27N5O4/c1-15(2)22-26-27-23-24(31)28(17-7-5-6-8-18(17)29(22)23)14-21(30)25-12-11-16-9-10-19(32-3)20(13-16)33-4/h5-10,13,15H,11-12,14H2,1-4H3,(H,25,30). The first-order valence-corrected chi connectivity index (χ1v) is 10.8. The predicted molar refractivity (Wildman–Crippen MR) is 125 cm³/mol. The van der Waals surface area contributed by atoms with Crippen LogP contribution in [0.3, 0.4) is 0 Å². The van der Waals surface area contributed by atoms with Crippen molar-refractivity contribution >= 4 is 22.6 Å². The third kappa shape index (κ3) is 4.26. The minimum atomic E-state index is -0.344. The summed E-state index contributed by atoms with van der Waals surface area (Å²) >= 11 is 0. The number of carbonyl (C=O) groups is 1. The van der Waals surface area contributed by atoms with Crippen molar-refractivity contribution in [2.75, 3.05) is 20.8 Å². The summed E-state index contributed by atoms with van der Waals surface area (Å²) in [6, 6.07) is 13.1. The third-order valence-electron chi connectivity index (χ3n) is 5.54. The fourth-order valence-electron chi connectivity index (χ4n) is 3.90. The molecule has 2 aromatic heterocycles. The first-order chi connectivity index (χ1) is 15.9. The van der Waals surface area contributed by atoms with Gasteiger partial charge in [0.1, 0.15) is 12.4 Å². The maximum absolute atomic E-state index is 13.2. The van der Waals surface area contributed by atoms with Crippen LogP contribution in [-0.4, -0.2) is 45.8 Å². The maximum atomic E-state index is 13.2. The van der Waals surface area contributed by atoms with Crippen LogP contribution in [0.5, 0.6) is 11.5 Å². The zero-order chi connectivity index (χ0) is 23.5. The molecule has 0 saturated carbocycles. The normalized spacial score (nSPS) is 11.3. The van der Waals surface area contributed by atoms with Crippen molar-refractivity contribution < 1.29 is 14.3 Å². The van der Waals surface area contributed by atoms with E-state index >= 15 is 0 Å². The number of aromatic nitrogens is 4. The lowest BCUT2D eigenvalue weighted by atomic mass is 10.1. The van der Waals surface area contributed by atoms with E-state index in [0.717, 1.165) is 11.1 Å². The van der Waals surface area contributed by atoms with E-state index in [0.29, 0.717) is 35.8 Å². The lowest BCUT2D eigenvalue weighted by Crippen LogP contribution is -2.34. The van der Waals surface area contributed by atoms with Crippen molar-refractivity contribution in [1.29, 1.82) is 0 Å². The second-order valence-corrected chi connectivity index (χ2v) is 8.04. The van der Waals surface area contributed by atoms with Crippen molar-refractivity contribution in [3.63, 3.8) is 0 Å². The minimum Gasteiger partial charge on any atom is -0.493 e. The van der Waals surface area contributed by atoms with E-state index in [-0.39, 0.29) is 29.6 Å². The lowest BCUT2D eigenvalue weighted by Gasteiger charge is -2.13. The minimum absolute atomic E-state index is 0.0959. The molecule has 0 spiro atoms. The van der Waals surface area contributed by atoms with E-state index in [1.54, 1.807) is 18.6 Å². The zero-order valence-electron chi connectivity index (χ0n) is 19.2. The Morgan fingerprint density at radius 2 is 1.76 bits per heavy atom. The Kier molecular flexibility index (Phi) is 6.30. The van der Waals surface area contributed by atoms with Crippen LogP contribution < -0.4 is 20.3 Å². The molecule has 0 atom stereocenters. The van der Waals surface area contributed by atoms with E-state index in [4.69, 9.17) is 9.47 Å². The molecule has 9 nitrogen and oxygen atoms in total. The number of nitrogens with zero attached hydrogens (tertiary/aromatic N) is 4. The topological polar surface area (TPSA) is 99.8 Å². The fraction of sp³-hybridized carbons (Fsp3) is 0.333. The number of para-hydroxylation sites is 2. The number of amides is 1. The smallest absolute Gasteiger partial charge is 0.297 e. The molecule has 0 aliphatic heterocycles. The number of methoxy groups -OCH3 is 2. The zero-order valence-corrected chi connectivity index (χ0v) is 19.2. The number of hydrogen-bond donors (Lipinski definition) is 1. The van der Waals surface area contributed by atoms with Crippen LogP contribution in [0.15, 0.2) is 47.3 Å². The van der Waals surface area contributed by atoms with Crippen molar-refractivity contribution in [3.8, 4) is 11.5 Å². The molecule has 0 unspecified atom stereocenters. The Labute approximate surface area is 191 Å². The van der Waals surface area contributed by atoms with Crippen molar-refractivity contribution in [1.82, 2.24) is 24.5 Å². The summed E-state index contributed by atoms with van der Waals surface area (Å²) in [5, 5.41) is 11.2. The maximum Gasteiger partial charge on any atom is 0.297 e. The van der Waals surface area contributed by atoms with Gasteiger partial charge in [0.25, 0.3) is 5.56 Å². The molecule has 2 aromatic carbocycles. The quantitative estimate of drug-likeness (QED) is 0.444. The van der Waals surface area contributed by atoms with Crippen LogP contribution in [0.4, 0.5) is 0 Å². The summed E-state index contributed by atoms with van der Waals surface area (Å²) in [6.07, 6.45) is 0.614. The Morgan fingerprint density at radius 3 is 2.45 bits per heavy atom. The Balaban J connectivity index is 1.55. The molecule has 172 valence electrons. The number of ether oxygens (including phenoxy) is 2. The predicted octanol–water partition coefficient (Wildman–Crippen LogP) is 2.54. The van der Waals surface area contributed by atoms with Crippen LogP contribution in [0, 0.1) is 0 Å². The highest BCUT2D eigenvalue weighted by Crippen LogP contribution is 2.27. The molecule has 0 aliphatic carbocycles.